The van der Waals surface area contributed by atoms with Crippen molar-refractivity contribution < 1.29 is 19.4 Å². The van der Waals surface area contributed by atoms with Gasteiger partial charge in [-0.1, -0.05) is 6.07 Å². The van der Waals surface area contributed by atoms with E-state index in [9.17, 15) is 14.7 Å². The molecule has 0 aliphatic heterocycles. The summed E-state index contributed by atoms with van der Waals surface area (Å²) in [6.45, 7) is 0. The highest BCUT2D eigenvalue weighted by Crippen LogP contribution is 2.36. The summed E-state index contributed by atoms with van der Waals surface area (Å²) in [6.07, 6.45) is 1.34. The van der Waals surface area contributed by atoms with Crippen molar-refractivity contribution in [3.63, 3.8) is 0 Å². The lowest BCUT2D eigenvalue weighted by Gasteiger charge is -2.09. The Kier molecular flexibility index (Phi) is 5.70. The van der Waals surface area contributed by atoms with Gasteiger partial charge in [-0.25, -0.2) is 10.2 Å². The van der Waals surface area contributed by atoms with Crippen LogP contribution in [0.1, 0.15) is 16.1 Å². The number of phenolic OH excluding ortho intramolecular Hbond substituents is 1. The first-order valence-electron chi connectivity index (χ1n) is 7.95. The maximum Gasteiger partial charge on any atom is 0.346 e. The first kappa shape index (κ1) is 19.1. The molecule has 3 aromatic rings. The Morgan fingerprint density at radius 2 is 2.00 bits per heavy atom. The van der Waals surface area contributed by atoms with Crippen molar-refractivity contribution in [1.82, 2.24) is 15.4 Å². The van der Waals surface area contributed by atoms with Crippen molar-refractivity contribution >= 4 is 23.5 Å². The van der Waals surface area contributed by atoms with Crippen LogP contribution in [0.3, 0.4) is 0 Å². The van der Waals surface area contributed by atoms with E-state index in [-0.39, 0.29) is 22.9 Å². The molecule has 9 nitrogen and oxygen atoms in total. The van der Waals surface area contributed by atoms with Gasteiger partial charge in [0.05, 0.1) is 31.0 Å². The summed E-state index contributed by atoms with van der Waals surface area (Å²) in [5, 5.41) is 15.6. The number of nitrogens with zero attached hydrogens (tertiary/aromatic N) is 2. The minimum Gasteiger partial charge on any atom is -0.502 e. The van der Waals surface area contributed by atoms with E-state index in [2.05, 4.69) is 20.5 Å². The van der Waals surface area contributed by atoms with Crippen LogP contribution in [0, 0.1) is 0 Å². The molecule has 3 rings (SSSR count). The molecule has 0 saturated heterocycles. The van der Waals surface area contributed by atoms with Gasteiger partial charge in [-0.2, -0.15) is 10.1 Å². The van der Waals surface area contributed by atoms with E-state index in [1.165, 1.54) is 50.0 Å². The molecule has 144 valence electrons. The fraction of sp³-hybridized carbons (Fsp3) is 0.111. The molecule has 0 spiro atoms. The van der Waals surface area contributed by atoms with E-state index < -0.39 is 11.6 Å². The van der Waals surface area contributed by atoms with Crippen molar-refractivity contribution in [2.75, 3.05) is 14.2 Å². The van der Waals surface area contributed by atoms with Crippen molar-refractivity contribution in [3.05, 3.63) is 57.5 Å². The van der Waals surface area contributed by atoms with Gasteiger partial charge in [-0.05, 0) is 29.6 Å². The molecule has 0 unspecified atom stereocenters. The minimum absolute atomic E-state index is 0.0647. The molecule has 0 radical (unpaired) electrons. The summed E-state index contributed by atoms with van der Waals surface area (Å²) >= 11 is 1.42. The Morgan fingerprint density at radius 3 is 2.61 bits per heavy atom. The van der Waals surface area contributed by atoms with Gasteiger partial charge >= 0.3 is 5.69 Å². The average molecular weight is 400 g/mol. The van der Waals surface area contributed by atoms with Crippen LogP contribution in [-0.2, 0) is 0 Å². The van der Waals surface area contributed by atoms with Gasteiger partial charge in [0.25, 0.3) is 5.91 Å². The lowest BCUT2D eigenvalue weighted by Crippen LogP contribution is -2.24. The maximum absolute atomic E-state index is 12.3. The molecule has 10 heteroatoms. The quantitative estimate of drug-likeness (QED) is 0.429. The summed E-state index contributed by atoms with van der Waals surface area (Å²) in [6, 6.07) is 8.18. The highest BCUT2D eigenvalue weighted by atomic mass is 32.1. The second-order valence-electron chi connectivity index (χ2n) is 5.44. The number of aromatic nitrogens is 2. The zero-order valence-corrected chi connectivity index (χ0v) is 15.7. The fourth-order valence-corrected chi connectivity index (χ4v) is 3.05. The minimum atomic E-state index is -0.641. The molecular formula is C18H16N4O5S. The Morgan fingerprint density at radius 1 is 1.29 bits per heavy atom. The van der Waals surface area contributed by atoms with E-state index in [1.54, 1.807) is 0 Å². The van der Waals surface area contributed by atoms with Crippen LogP contribution >= 0.6 is 11.3 Å². The SMILES string of the molecule is COc1cc(/C=N/NC(=O)c2cc(-c3cccs3)[nH]c(=O)n2)cc(OC)c1O. The zero-order valence-electron chi connectivity index (χ0n) is 14.9. The van der Waals surface area contributed by atoms with E-state index in [4.69, 9.17) is 9.47 Å². The predicted octanol–water partition coefficient (Wildman–Crippen LogP) is 1.99. The van der Waals surface area contributed by atoms with Crippen LogP contribution in [0.25, 0.3) is 10.6 Å². The summed E-state index contributed by atoms with van der Waals surface area (Å²) in [5.74, 6) is -0.384. The van der Waals surface area contributed by atoms with Crippen LogP contribution in [0.4, 0.5) is 0 Å². The number of amides is 1. The van der Waals surface area contributed by atoms with E-state index in [0.29, 0.717) is 11.3 Å². The zero-order chi connectivity index (χ0) is 20.1. The van der Waals surface area contributed by atoms with E-state index in [1.807, 2.05) is 17.5 Å². The van der Waals surface area contributed by atoms with E-state index in [0.717, 1.165) is 4.88 Å². The number of nitrogens with one attached hydrogen (secondary N) is 2. The van der Waals surface area contributed by atoms with Crippen LogP contribution in [0.5, 0.6) is 17.2 Å². The highest BCUT2D eigenvalue weighted by molar-refractivity contribution is 7.13. The first-order valence-corrected chi connectivity index (χ1v) is 8.83. The Balaban J connectivity index is 1.78. The molecule has 0 atom stereocenters. The number of carbonyl (C=O) groups excluding carboxylic acids is 1. The number of methoxy groups -OCH3 is 2. The third kappa shape index (κ3) is 4.18. The summed E-state index contributed by atoms with van der Waals surface area (Å²) < 4.78 is 10.1. The van der Waals surface area contributed by atoms with Crippen molar-refractivity contribution in [3.8, 4) is 27.8 Å². The van der Waals surface area contributed by atoms with Gasteiger partial charge < -0.3 is 19.6 Å². The lowest BCUT2D eigenvalue weighted by atomic mass is 10.2. The molecule has 2 heterocycles. The number of hydrazone groups is 1. The monoisotopic (exact) mass is 400 g/mol. The molecule has 1 aromatic carbocycles. The number of thiophene rings is 1. The molecule has 2 aromatic heterocycles. The first-order chi connectivity index (χ1) is 13.5. The number of aromatic hydroxyl groups is 1. The summed E-state index contributed by atoms with van der Waals surface area (Å²) in [7, 11) is 2.81. The standard InChI is InChI=1S/C18H16N4O5S/c1-26-13-6-10(7-14(27-2)16(13)23)9-19-22-17(24)12-8-11(20-18(25)21-12)15-4-3-5-28-15/h3-9,23H,1-2H3,(H,22,24)(H,20,21,25)/b19-9+. The Hall–Kier alpha value is -3.66. The average Bonchev–Trinajstić information content (AvgIpc) is 3.23. The van der Waals surface area contributed by atoms with Gasteiger partial charge in [0.2, 0.25) is 5.75 Å². The largest absolute Gasteiger partial charge is 0.502 e. The number of rotatable bonds is 6. The number of ether oxygens (including phenoxy) is 2. The van der Waals surface area contributed by atoms with Gasteiger partial charge in [0.15, 0.2) is 11.5 Å². The topological polar surface area (TPSA) is 126 Å². The molecule has 1 amide bonds. The van der Waals surface area contributed by atoms with Crippen molar-refractivity contribution in [1.29, 1.82) is 0 Å². The molecule has 28 heavy (non-hydrogen) atoms. The smallest absolute Gasteiger partial charge is 0.346 e. The number of carbonyl (C=O) groups is 1. The van der Waals surface area contributed by atoms with E-state index >= 15 is 0 Å². The molecule has 0 saturated carbocycles. The number of hydrogen-bond acceptors (Lipinski definition) is 8. The molecular weight excluding hydrogens is 384 g/mol. The number of phenols is 1. The number of hydrogen-bond donors (Lipinski definition) is 3. The second kappa shape index (κ2) is 8.35. The van der Waals surface area contributed by atoms with Crippen molar-refractivity contribution in [2.24, 2.45) is 5.10 Å². The predicted molar refractivity (Wildman–Crippen MR) is 104 cm³/mol. The molecule has 0 fully saturated rings. The second-order valence-corrected chi connectivity index (χ2v) is 6.38. The van der Waals surface area contributed by atoms with Crippen LogP contribution in [-0.4, -0.2) is 41.4 Å². The fourth-order valence-electron chi connectivity index (χ4n) is 2.35. The van der Waals surface area contributed by atoms with Gasteiger partial charge in [-0.15, -0.1) is 11.3 Å². The van der Waals surface area contributed by atoms with Crippen molar-refractivity contribution in [2.45, 2.75) is 0 Å². The van der Waals surface area contributed by atoms with Crippen LogP contribution < -0.4 is 20.6 Å². The number of H-pyrrole nitrogens is 1. The maximum atomic E-state index is 12.3. The van der Waals surface area contributed by atoms with Crippen LogP contribution in [0.2, 0.25) is 0 Å². The molecule has 3 N–H and O–H groups in total. The number of benzene rings is 1. The Bertz CT molecular complexity index is 1050. The third-order valence-electron chi connectivity index (χ3n) is 3.65. The Labute approximate surface area is 163 Å². The lowest BCUT2D eigenvalue weighted by molar-refractivity contribution is 0.0949. The van der Waals surface area contributed by atoms with Gasteiger partial charge in [0, 0.05) is 5.56 Å². The molecule has 0 bridgehead atoms. The van der Waals surface area contributed by atoms with Gasteiger partial charge in [0.1, 0.15) is 5.69 Å². The summed E-state index contributed by atoms with van der Waals surface area (Å²) in [4.78, 5) is 31.1. The normalized spacial score (nSPS) is 10.8. The molecule has 0 aliphatic carbocycles. The third-order valence-corrected chi connectivity index (χ3v) is 4.55. The highest BCUT2D eigenvalue weighted by Gasteiger charge is 2.12. The van der Waals surface area contributed by atoms with Gasteiger partial charge in [-0.3, -0.25) is 4.79 Å². The summed E-state index contributed by atoms with van der Waals surface area (Å²) in [5.41, 5.74) is 2.63. The molecule has 0 aliphatic rings. The van der Waals surface area contributed by atoms with Crippen LogP contribution in [0.15, 0.2) is 45.6 Å². The number of aromatic amines is 1.